The summed E-state index contributed by atoms with van der Waals surface area (Å²) in [5, 5.41) is 0.989. The molecule has 0 aliphatic carbocycles. The number of hydrogen-bond acceptors (Lipinski definition) is 1. The highest BCUT2D eigenvalue weighted by atomic mass is 35.5. The second-order valence-corrected chi connectivity index (χ2v) is 4.98. The average molecular weight is 279 g/mol. The van der Waals surface area contributed by atoms with Crippen molar-refractivity contribution in [3.63, 3.8) is 0 Å². The smallest absolute Gasteiger partial charge is 0.168 e. The van der Waals surface area contributed by atoms with Crippen molar-refractivity contribution in [2.24, 2.45) is 0 Å². The number of rotatable bonds is 3. The minimum Gasteiger partial charge on any atom is -0.294 e. The van der Waals surface area contributed by atoms with E-state index in [4.69, 9.17) is 23.2 Å². The molecule has 18 heavy (non-hydrogen) atoms. The van der Waals surface area contributed by atoms with Crippen molar-refractivity contribution in [1.82, 2.24) is 0 Å². The summed E-state index contributed by atoms with van der Waals surface area (Å²) < 4.78 is 0. The third kappa shape index (κ3) is 2.92. The number of halogens is 2. The molecule has 0 amide bonds. The molecule has 0 N–H and O–H groups in total. The molecule has 0 aliphatic heterocycles. The predicted octanol–water partition coefficient (Wildman–Crippen LogP) is 4.73. The fraction of sp³-hybridized carbons (Fsp3) is 0.133. The van der Waals surface area contributed by atoms with Crippen molar-refractivity contribution in [3.8, 4) is 0 Å². The monoisotopic (exact) mass is 278 g/mol. The first-order valence-corrected chi connectivity index (χ1v) is 6.36. The van der Waals surface area contributed by atoms with Crippen LogP contribution in [0.4, 0.5) is 0 Å². The van der Waals surface area contributed by atoms with Gasteiger partial charge in [0.15, 0.2) is 5.78 Å². The molecule has 2 aromatic carbocycles. The Balaban J connectivity index is 2.27. The summed E-state index contributed by atoms with van der Waals surface area (Å²) in [6.45, 7) is 1.86. The van der Waals surface area contributed by atoms with Crippen LogP contribution in [0.2, 0.25) is 10.0 Å². The van der Waals surface area contributed by atoms with Crippen molar-refractivity contribution in [3.05, 3.63) is 69.2 Å². The number of aryl methyl sites for hydroxylation is 1. The molecule has 0 unspecified atom stereocenters. The standard InChI is InChI=1S/C15H12Cl2O/c1-10-7-12(14(17)9-13(10)16)15(18)8-11-5-3-2-4-6-11/h2-7,9H,8H2,1H3. The maximum atomic E-state index is 12.2. The highest BCUT2D eigenvalue weighted by Crippen LogP contribution is 2.25. The molecular formula is C15H12Cl2O. The van der Waals surface area contributed by atoms with Crippen LogP contribution in [0.5, 0.6) is 0 Å². The zero-order chi connectivity index (χ0) is 13.1. The lowest BCUT2D eigenvalue weighted by atomic mass is 10.0. The van der Waals surface area contributed by atoms with E-state index in [0.717, 1.165) is 11.1 Å². The molecule has 0 radical (unpaired) electrons. The fourth-order valence-electron chi connectivity index (χ4n) is 1.75. The minimum atomic E-state index is 0.00552. The number of Topliss-reactive ketones (excluding diaryl/α,β-unsaturated/α-hetero) is 1. The van der Waals surface area contributed by atoms with Gasteiger partial charge in [-0.1, -0.05) is 53.5 Å². The van der Waals surface area contributed by atoms with Crippen LogP contribution in [0.3, 0.4) is 0 Å². The molecule has 1 nitrogen and oxygen atoms in total. The SMILES string of the molecule is Cc1cc(C(=O)Cc2ccccc2)c(Cl)cc1Cl. The lowest BCUT2D eigenvalue weighted by Gasteiger charge is -2.06. The van der Waals surface area contributed by atoms with Crippen molar-refractivity contribution in [2.45, 2.75) is 13.3 Å². The molecule has 0 atom stereocenters. The third-order valence-corrected chi connectivity index (χ3v) is 3.48. The van der Waals surface area contributed by atoms with Gasteiger partial charge in [0.05, 0.1) is 5.02 Å². The summed E-state index contributed by atoms with van der Waals surface area (Å²) in [7, 11) is 0. The maximum absolute atomic E-state index is 12.2. The van der Waals surface area contributed by atoms with Crippen LogP contribution >= 0.6 is 23.2 Å². The third-order valence-electron chi connectivity index (χ3n) is 2.76. The first kappa shape index (κ1) is 13.1. The van der Waals surface area contributed by atoms with Crippen LogP contribution in [0.15, 0.2) is 42.5 Å². The summed E-state index contributed by atoms with van der Waals surface area (Å²) >= 11 is 12.0. The Bertz CT molecular complexity index is 577. The van der Waals surface area contributed by atoms with Crippen molar-refractivity contribution < 1.29 is 4.79 Å². The van der Waals surface area contributed by atoms with Gasteiger partial charge in [-0.2, -0.15) is 0 Å². The number of carbonyl (C=O) groups excluding carboxylic acids is 1. The van der Waals surface area contributed by atoms with Crippen LogP contribution < -0.4 is 0 Å². The molecule has 0 saturated carbocycles. The van der Waals surface area contributed by atoms with Crippen molar-refractivity contribution in [2.75, 3.05) is 0 Å². The van der Waals surface area contributed by atoms with Crippen LogP contribution in [0, 0.1) is 6.92 Å². The van der Waals surface area contributed by atoms with E-state index in [1.165, 1.54) is 0 Å². The molecule has 0 spiro atoms. The van der Waals surface area contributed by atoms with E-state index in [9.17, 15) is 4.79 Å². The van der Waals surface area contributed by atoms with E-state index in [-0.39, 0.29) is 5.78 Å². The number of hydrogen-bond donors (Lipinski definition) is 0. The summed E-state index contributed by atoms with van der Waals surface area (Å²) in [6, 6.07) is 13.0. The van der Waals surface area contributed by atoms with Gasteiger partial charge < -0.3 is 0 Å². The van der Waals surface area contributed by atoms with Crippen LogP contribution in [0.1, 0.15) is 21.5 Å². The lowest BCUT2D eigenvalue weighted by molar-refractivity contribution is 0.0993. The Morgan fingerprint density at radius 3 is 2.39 bits per heavy atom. The normalized spacial score (nSPS) is 10.4. The zero-order valence-electron chi connectivity index (χ0n) is 9.91. The van der Waals surface area contributed by atoms with Gasteiger partial charge in [-0.15, -0.1) is 0 Å². The largest absolute Gasteiger partial charge is 0.294 e. The van der Waals surface area contributed by atoms with Crippen LogP contribution in [-0.4, -0.2) is 5.78 Å². The summed E-state index contributed by atoms with van der Waals surface area (Å²) in [5.74, 6) is 0.00552. The quantitative estimate of drug-likeness (QED) is 0.742. The van der Waals surface area contributed by atoms with Gasteiger partial charge in [0, 0.05) is 17.0 Å². The lowest BCUT2D eigenvalue weighted by Crippen LogP contribution is -2.04. The fourth-order valence-corrected chi connectivity index (χ4v) is 2.24. The molecular weight excluding hydrogens is 267 g/mol. The molecule has 3 heteroatoms. The number of benzene rings is 2. The second-order valence-electron chi connectivity index (χ2n) is 4.17. The summed E-state index contributed by atoms with van der Waals surface area (Å²) in [5.41, 5.74) is 2.37. The Morgan fingerprint density at radius 2 is 1.72 bits per heavy atom. The highest BCUT2D eigenvalue weighted by Gasteiger charge is 2.13. The van der Waals surface area contributed by atoms with E-state index >= 15 is 0 Å². The van der Waals surface area contributed by atoms with Gasteiger partial charge in [-0.3, -0.25) is 4.79 Å². The van der Waals surface area contributed by atoms with Gasteiger partial charge in [0.2, 0.25) is 0 Å². The van der Waals surface area contributed by atoms with Gasteiger partial charge in [0.25, 0.3) is 0 Å². The predicted molar refractivity (Wildman–Crippen MR) is 75.7 cm³/mol. The summed E-state index contributed by atoms with van der Waals surface area (Å²) in [6.07, 6.45) is 0.349. The molecule has 0 aliphatic rings. The van der Waals surface area contributed by atoms with Crippen LogP contribution in [-0.2, 0) is 6.42 Å². The molecule has 2 rings (SSSR count). The molecule has 0 aromatic heterocycles. The first-order chi connectivity index (χ1) is 8.58. The topological polar surface area (TPSA) is 17.1 Å². The zero-order valence-corrected chi connectivity index (χ0v) is 11.4. The molecule has 0 saturated heterocycles. The second kappa shape index (κ2) is 5.55. The van der Waals surface area contributed by atoms with E-state index in [2.05, 4.69) is 0 Å². The number of ketones is 1. The van der Waals surface area contributed by atoms with E-state index in [1.54, 1.807) is 12.1 Å². The number of carbonyl (C=O) groups is 1. The highest BCUT2D eigenvalue weighted by molar-refractivity contribution is 6.37. The first-order valence-electron chi connectivity index (χ1n) is 5.60. The van der Waals surface area contributed by atoms with Crippen molar-refractivity contribution in [1.29, 1.82) is 0 Å². The van der Waals surface area contributed by atoms with E-state index < -0.39 is 0 Å². The maximum Gasteiger partial charge on any atom is 0.168 e. The molecule has 92 valence electrons. The van der Waals surface area contributed by atoms with E-state index in [1.807, 2.05) is 37.3 Å². The van der Waals surface area contributed by atoms with Gasteiger partial charge >= 0.3 is 0 Å². The van der Waals surface area contributed by atoms with Crippen LogP contribution in [0.25, 0.3) is 0 Å². The minimum absolute atomic E-state index is 0.00552. The Labute approximate surface area is 116 Å². The Kier molecular flexibility index (Phi) is 4.05. The molecule has 0 fully saturated rings. The van der Waals surface area contributed by atoms with E-state index in [0.29, 0.717) is 22.0 Å². The van der Waals surface area contributed by atoms with Crippen molar-refractivity contribution >= 4 is 29.0 Å². The Hall–Kier alpha value is -1.31. The average Bonchev–Trinajstić information content (AvgIpc) is 2.35. The molecule has 0 heterocycles. The Morgan fingerprint density at radius 1 is 1.06 bits per heavy atom. The summed E-state index contributed by atoms with van der Waals surface area (Å²) in [4.78, 5) is 12.2. The molecule has 2 aromatic rings. The van der Waals surface area contributed by atoms with Gasteiger partial charge in [-0.25, -0.2) is 0 Å². The van der Waals surface area contributed by atoms with Gasteiger partial charge in [-0.05, 0) is 30.2 Å². The molecule has 0 bridgehead atoms. The van der Waals surface area contributed by atoms with Gasteiger partial charge in [0.1, 0.15) is 0 Å².